The standard InChI is InChI=1S/C14H20N6O/c1-4-5-16-13-9-15-8-12(19-13)14(21)17-6-11-7-18-20(3)10(11)2/h7-9H,4-6H2,1-3H3,(H,16,19)(H,17,21). The van der Waals surface area contributed by atoms with Crippen LogP contribution in [0.4, 0.5) is 5.82 Å². The van der Waals surface area contributed by atoms with Crippen molar-refractivity contribution in [2.24, 2.45) is 7.05 Å². The van der Waals surface area contributed by atoms with E-state index in [1.165, 1.54) is 6.20 Å². The fourth-order valence-corrected chi connectivity index (χ4v) is 1.80. The molecule has 0 aliphatic rings. The van der Waals surface area contributed by atoms with E-state index in [1.807, 2.05) is 14.0 Å². The second-order valence-electron chi connectivity index (χ2n) is 4.78. The van der Waals surface area contributed by atoms with E-state index in [0.717, 1.165) is 24.2 Å². The first-order valence-electron chi connectivity index (χ1n) is 6.93. The van der Waals surface area contributed by atoms with Crippen molar-refractivity contribution in [1.82, 2.24) is 25.1 Å². The molecule has 2 aromatic rings. The molecule has 0 fully saturated rings. The molecule has 0 bridgehead atoms. The highest BCUT2D eigenvalue weighted by molar-refractivity contribution is 5.92. The first kappa shape index (κ1) is 15.0. The molecule has 0 atom stereocenters. The molecule has 0 aliphatic heterocycles. The van der Waals surface area contributed by atoms with Gasteiger partial charge in [-0.15, -0.1) is 0 Å². The summed E-state index contributed by atoms with van der Waals surface area (Å²) in [5.74, 6) is 0.368. The Labute approximate surface area is 123 Å². The maximum absolute atomic E-state index is 12.1. The van der Waals surface area contributed by atoms with Crippen molar-refractivity contribution in [3.63, 3.8) is 0 Å². The molecule has 0 saturated carbocycles. The van der Waals surface area contributed by atoms with Gasteiger partial charge in [-0.3, -0.25) is 14.5 Å². The van der Waals surface area contributed by atoms with Crippen LogP contribution in [0.2, 0.25) is 0 Å². The molecule has 0 aliphatic carbocycles. The summed E-state index contributed by atoms with van der Waals surface area (Å²) in [6.45, 7) is 5.25. The lowest BCUT2D eigenvalue weighted by Crippen LogP contribution is -2.24. The van der Waals surface area contributed by atoms with Crippen LogP contribution in [-0.4, -0.2) is 32.2 Å². The minimum atomic E-state index is -0.245. The molecule has 2 rings (SSSR count). The van der Waals surface area contributed by atoms with Gasteiger partial charge in [0.1, 0.15) is 11.5 Å². The summed E-state index contributed by atoms with van der Waals surface area (Å²) >= 11 is 0. The number of aromatic nitrogens is 4. The Morgan fingerprint density at radius 1 is 1.33 bits per heavy atom. The van der Waals surface area contributed by atoms with Gasteiger partial charge in [0, 0.05) is 31.4 Å². The Hall–Kier alpha value is -2.44. The summed E-state index contributed by atoms with van der Waals surface area (Å²) in [6.07, 6.45) is 5.80. The van der Waals surface area contributed by atoms with Crippen LogP contribution in [-0.2, 0) is 13.6 Å². The minimum absolute atomic E-state index is 0.245. The number of hydrogen-bond donors (Lipinski definition) is 2. The van der Waals surface area contributed by atoms with Gasteiger partial charge in [0.25, 0.3) is 5.91 Å². The molecule has 7 nitrogen and oxygen atoms in total. The van der Waals surface area contributed by atoms with Crippen LogP contribution in [0.1, 0.15) is 35.1 Å². The minimum Gasteiger partial charge on any atom is -0.369 e. The lowest BCUT2D eigenvalue weighted by Gasteiger charge is -2.07. The van der Waals surface area contributed by atoms with Gasteiger partial charge in [0.15, 0.2) is 0 Å². The maximum atomic E-state index is 12.1. The molecular formula is C14H20N6O. The number of amides is 1. The number of anilines is 1. The van der Waals surface area contributed by atoms with Crippen LogP contribution in [0.5, 0.6) is 0 Å². The molecule has 21 heavy (non-hydrogen) atoms. The summed E-state index contributed by atoms with van der Waals surface area (Å²) in [6, 6.07) is 0. The number of nitrogens with zero attached hydrogens (tertiary/aromatic N) is 4. The van der Waals surface area contributed by atoms with Crippen molar-refractivity contribution >= 4 is 11.7 Å². The third-order valence-electron chi connectivity index (χ3n) is 3.20. The third kappa shape index (κ3) is 3.77. The summed E-state index contributed by atoms with van der Waals surface area (Å²) in [4.78, 5) is 20.4. The van der Waals surface area contributed by atoms with Crippen molar-refractivity contribution in [2.75, 3.05) is 11.9 Å². The van der Waals surface area contributed by atoms with Crippen LogP contribution in [0.3, 0.4) is 0 Å². The van der Waals surface area contributed by atoms with Crippen molar-refractivity contribution in [2.45, 2.75) is 26.8 Å². The number of carbonyl (C=O) groups excluding carboxylic acids is 1. The average molecular weight is 288 g/mol. The van der Waals surface area contributed by atoms with Crippen molar-refractivity contribution < 1.29 is 4.79 Å². The fourth-order valence-electron chi connectivity index (χ4n) is 1.80. The Balaban J connectivity index is 1.98. The quantitative estimate of drug-likeness (QED) is 0.836. The van der Waals surface area contributed by atoms with Gasteiger partial charge in [0.2, 0.25) is 0 Å². The summed E-state index contributed by atoms with van der Waals surface area (Å²) in [5, 5.41) is 10.1. The fraction of sp³-hybridized carbons (Fsp3) is 0.429. The molecule has 7 heteroatoms. The SMILES string of the molecule is CCCNc1cncc(C(=O)NCc2cnn(C)c2C)n1. The van der Waals surface area contributed by atoms with Crippen LogP contribution in [0.15, 0.2) is 18.6 Å². The second-order valence-corrected chi connectivity index (χ2v) is 4.78. The van der Waals surface area contributed by atoms with Gasteiger partial charge >= 0.3 is 0 Å². The summed E-state index contributed by atoms with van der Waals surface area (Å²) in [7, 11) is 1.87. The zero-order valence-electron chi connectivity index (χ0n) is 12.6. The molecule has 0 saturated heterocycles. The molecule has 0 aromatic carbocycles. The molecule has 112 valence electrons. The van der Waals surface area contributed by atoms with Gasteiger partial charge in [-0.25, -0.2) is 4.98 Å². The Morgan fingerprint density at radius 2 is 2.14 bits per heavy atom. The van der Waals surface area contributed by atoms with E-state index in [0.29, 0.717) is 18.1 Å². The lowest BCUT2D eigenvalue weighted by atomic mass is 10.2. The molecule has 0 radical (unpaired) electrons. The van der Waals surface area contributed by atoms with Crippen molar-refractivity contribution in [3.8, 4) is 0 Å². The Morgan fingerprint density at radius 3 is 2.81 bits per heavy atom. The highest BCUT2D eigenvalue weighted by Gasteiger charge is 2.10. The smallest absolute Gasteiger partial charge is 0.271 e. The first-order chi connectivity index (χ1) is 10.1. The van der Waals surface area contributed by atoms with E-state index < -0.39 is 0 Å². The number of carbonyl (C=O) groups is 1. The number of aryl methyl sites for hydroxylation is 1. The van der Waals surface area contributed by atoms with Gasteiger partial charge in [-0.05, 0) is 13.3 Å². The molecular weight excluding hydrogens is 268 g/mol. The van der Waals surface area contributed by atoms with Crippen LogP contribution in [0.25, 0.3) is 0 Å². The molecule has 1 amide bonds. The average Bonchev–Trinajstić information content (AvgIpc) is 2.82. The van der Waals surface area contributed by atoms with E-state index in [1.54, 1.807) is 17.1 Å². The summed E-state index contributed by atoms with van der Waals surface area (Å²) < 4.78 is 1.77. The molecule has 2 heterocycles. The largest absolute Gasteiger partial charge is 0.369 e. The van der Waals surface area contributed by atoms with Gasteiger partial charge in [0.05, 0.1) is 18.6 Å². The van der Waals surface area contributed by atoms with E-state index in [2.05, 4.69) is 32.6 Å². The molecule has 2 N–H and O–H groups in total. The predicted molar refractivity (Wildman–Crippen MR) is 79.9 cm³/mol. The predicted octanol–water partition coefficient (Wildman–Crippen LogP) is 1.27. The Kier molecular flexibility index (Phi) is 4.86. The van der Waals surface area contributed by atoms with Crippen molar-refractivity contribution in [3.05, 3.63) is 35.5 Å². The summed E-state index contributed by atoms with van der Waals surface area (Å²) in [5.41, 5.74) is 2.32. The van der Waals surface area contributed by atoms with Gasteiger partial charge in [-0.1, -0.05) is 6.92 Å². The Bertz CT molecular complexity index is 622. The van der Waals surface area contributed by atoms with E-state index in [-0.39, 0.29) is 5.91 Å². The van der Waals surface area contributed by atoms with E-state index in [4.69, 9.17) is 0 Å². The molecule has 0 unspecified atom stereocenters. The molecule has 0 spiro atoms. The number of rotatable bonds is 6. The highest BCUT2D eigenvalue weighted by atomic mass is 16.1. The van der Waals surface area contributed by atoms with Crippen LogP contribution >= 0.6 is 0 Å². The lowest BCUT2D eigenvalue weighted by molar-refractivity contribution is 0.0945. The van der Waals surface area contributed by atoms with Gasteiger partial charge < -0.3 is 10.6 Å². The van der Waals surface area contributed by atoms with Crippen molar-refractivity contribution in [1.29, 1.82) is 0 Å². The first-order valence-corrected chi connectivity index (χ1v) is 6.93. The third-order valence-corrected chi connectivity index (χ3v) is 3.20. The van der Waals surface area contributed by atoms with E-state index >= 15 is 0 Å². The maximum Gasteiger partial charge on any atom is 0.271 e. The zero-order chi connectivity index (χ0) is 15.2. The molecule has 2 aromatic heterocycles. The monoisotopic (exact) mass is 288 g/mol. The normalized spacial score (nSPS) is 10.4. The van der Waals surface area contributed by atoms with E-state index in [9.17, 15) is 4.79 Å². The number of hydrogen-bond acceptors (Lipinski definition) is 5. The topological polar surface area (TPSA) is 84.7 Å². The number of nitrogens with one attached hydrogen (secondary N) is 2. The zero-order valence-corrected chi connectivity index (χ0v) is 12.6. The van der Waals surface area contributed by atoms with Crippen LogP contribution in [0, 0.1) is 6.92 Å². The van der Waals surface area contributed by atoms with Crippen LogP contribution < -0.4 is 10.6 Å². The van der Waals surface area contributed by atoms with Gasteiger partial charge in [-0.2, -0.15) is 5.10 Å². The highest BCUT2D eigenvalue weighted by Crippen LogP contribution is 2.06. The second kappa shape index (κ2) is 6.83.